The number of hydrogen-bond donors (Lipinski definition) is 1. The van der Waals surface area contributed by atoms with E-state index >= 15 is 0 Å². The highest BCUT2D eigenvalue weighted by molar-refractivity contribution is 5.71. The van der Waals surface area contributed by atoms with Crippen molar-refractivity contribution in [3.8, 4) is 0 Å². The van der Waals surface area contributed by atoms with Crippen LogP contribution in [0.25, 0.3) is 0 Å². The Morgan fingerprint density at radius 2 is 2.27 bits per heavy atom. The molecule has 0 aromatic rings. The van der Waals surface area contributed by atoms with Crippen LogP contribution in [0.2, 0.25) is 0 Å². The number of carbonyl (C=O) groups is 1. The molecule has 84 valence electrons. The molecule has 4 nitrogen and oxygen atoms in total. The topological polar surface area (TPSA) is 49.8 Å². The third-order valence-corrected chi connectivity index (χ3v) is 2.63. The van der Waals surface area contributed by atoms with Crippen LogP contribution in [0.3, 0.4) is 0 Å². The van der Waals surface area contributed by atoms with E-state index in [-0.39, 0.29) is 12.1 Å². The first-order chi connectivity index (χ1) is 6.87. The van der Waals surface area contributed by atoms with E-state index < -0.39 is 11.7 Å². The second-order valence-electron chi connectivity index (χ2n) is 5.20. The van der Waals surface area contributed by atoms with Gasteiger partial charge in [0.2, 0.25) is 0 Å². The first-order valence-corrected chi connectivity index (χ1v) is 5.24. The SMILES string of the molecule is CC(C)(C)OC(=O)N1CC2=C[C@H]1C(O)C2. The summed E-state index contributed by atoms with van der Waals surface area (Å²) in [5, 5.41) is 9.64. The third kappa shape index (κ3) is 2.00. The van der Waals surface area contributed by atoms with Gasteiger partial charge in [-0.3, -0.25) is 4.90 Å². The van der Waals surface area contributed by atoms with Crippen LogP contribution in [-0.2, 0) is 4.74 Å². The number of likely N-dealkylation sites (tertiary alicyclic amines) is 1. The summed E-state index contributed by atoms with van der Waals surface area (Å²) in [6.07, 6.45) is 1.89. The Kier molecular flexibility index (Phi) is 2.26. The maximum absolute atomic E-state index is 11.8. The molecule has 2 atom stereocenters. The van der Waals surface area contributed by atoms with Crippen molar-refractivity contribution in [2.24, 2.45) is 0 Å². The third-order valence-electron chi connectivity index (χ3n) is 2.63. The second-order valence-corrected chi connectivity index (χ2v) is 5.20. The van der Waals surface area contributed by atoms with Gasteiger partial charge in [-0.1, -0.05) is 6.08 Å². The van der Waals surface area contributed by atoms with Gasteiger partial charge in [0, 0.05) is 6.54 Å². The van der Waals surface area contributed by atoms with Gasteiger partial charge in [-0.05, 0) is 32.8 Å². The first kappa shape index (κ1) is 10.5. The van der Waals surface area contributed by atoms with Crippen molar-refractivity contribution < 1.29 is 14.6 Å². The standard InChI is InChI=1S/C11H17NO3/c1-11(2,3)15-10(14)12-6-7-4-8(12)9(13)5-7/h4,8-9,13H,5-6H2,1-3H3/t8-,9?/m0/s1. The van der Waals surface area contributed by atoms with Crippen LogP contribution in [0, 0.1) is 0 Å². The summed E-state index contributed by atoms with van der Waals surface area (Å²) in [5.41, 5.74) is 0.660. The lowest BCUT2D eigenvalue weighted by atomic mass is 10.1. The molecule has 15 heavy (non-hydrogen) atoms. The fourth-order valence-corrected chi connectivity index (χ4v) is 2.06. The zero-order chi connectivity index (χ0) is 11.2. The number of ether oxygens (including phenoxy) is 1. The summed E-state index contributed by atoms with van der Waals surface area (Å²) in [7, 11) is 0. The van der Waals surface area contributed by atoms with E-state index in [1.54, 1.807) is 4.90 Å². The minimum Gasteiger partial charge on any atom is -0.444 e. The molecule has 0 saturated heterocycles. The molecule has 1 N–H and O–H groups in total. The molecule has 0 aromatic heterocycles. The zero-order valence-electron chi connectivity index (χ0n) is 9.36. The van der Waals surface area contributed by atoms with Crippen LogP contribution < -0.4 is 0 Å². The highest BCUT2D eigenvalue weighted by Gasteiger charge is 2.41. The van der Waals surface area contributed by atoms with Crippen molar-refractivity contribution in [3.05, 3.63) is 11.6 Å². The minimum absolute atomic E-state index is 0.171. The van der Waals surface area contributed by atoms with E-state index in [4.69, 9.17) is 4.74 Å². The molecule has 1 unspecified atom stereocenters. The number of fused-ring (bicyclic) bond motifs is 1. The highest BCUT2D eigenvalue weighted by atomic mass is 16.6. The molecule has 0 aromatic carbocycles. The van der Waals surface area contributed by atoms with Gasteiger partial charge in [0.25, 0.3) is 0 Å². The van der Waals surface area contributed by atoms with E-state index in [2.05, 4.69) is 0 Å². The molecular formula is C11H17NO3. The lowest BCUT2D eigenvalue weighted by Crippen LogP contribution is -2.47. The smallest absolute Gasteiger partial charge is 0.411 e. The molecule has 2 rings (SSSR count). The van der Waals surface area contributed by atoms with Crippen molar-refractivity contribution in [2.75, 3.05) is 6.54 Å². The average Bonchev–Trinajstić information content (AvgIpc) is 2.58. The van der Waals surface area contributed by atoms with E-state index in [1.807, 2.05) is 26.8 Å². The molecule has 2 bridgehead atoms. The average molecular weight is 211 g/mol. The quantitative estimate of drug-likeness (QED) is 0.614. The van der Waals surface area contributed by atoms with Gasteiger partial charge in [0.1, 0.15) is 5.60 Å². The summed E-state index contributed by atoms with van der Waals surface area (Å²) in [6.45, 7) is 6.13. The van der Waals surface area contributed by atoms with Crippen LogP contribution in [0.1, 0.15) is 27.2 Å². The maximum atomic E-state index is 11.8. The van der Waals surface area contributed by atoms with Crippen molar-refractivity contribution >= 4 is 6.09 Å². The molecule has 0 spiro atoms. The summed E-state index contributed by atoms with van der Waals surface area (Å²) in [6, 6.07) is -0.171. The molecule has 1 aliphatic carbocycles. The Hall–Kier alpha value is -1.03. The van der Waals surface area contributed by atoms with Crippen LogP contribution in [0.15, 0.2) is 11.6 Å². The van der Waals surface area contributed by atoms with E-state index in [0.717, 1.165) is 5.57 Å². The minimum atomic E-state index is -0.478. The van der Waals surface area contributed by atoms with Gasteiger partial charge in [0.15, 0.2) is 0 Å². The number of carbonyl (C=O) groups excluding carboxylic acids is 1. The van der Waals surface area contributed by atoms with Crippen LogP contribution in [-0.4, -0.2) is 40.4 Å². The van der Waals surface area contributed by atoms with Crippen molar-refractivity contribution in [3.63, 3.8) is 0 Å². The number of rotatable bonds is 0. The van der Waals surface area contributed by atoms with E-state index in [0.29, 0.717) is 13.0 Å². The Labute approximate surface area is 89.5 Å². The van der Waals surface area contributed by atoms with Crippen molar-refractivity contribution in [1.29, 1.82) is 0 Å². The molecular weight excluding hydrogens is 194 g/mol. The lowest BCUT2D eigenvalue weighted by Gasteiger charge is -2.32. The molecule has 0 fully saturated rings. The van der Waals surface area contributed by atoms with Crippen LogP contribution >= 0.6 is 0 Å². The van der Waals surface area contributed by atoms with Crippen molar-refractivity contribution in [2.45, 2.75) is 44.9 Å². The Morgan fingerprint density at radius 3 is 2.73 bits per heavy atom. The normalized spacial score (nSPS) is 29.3. The highest BCUT2D eigenvalue weighted by Crippen LogP contribution is 2.32. The molecule has 2 aliphatic rings. The van der Waals surface area contributed by atoms with Crippen LogP contribution in [0.5, 0.6) is 0 Å². The van der Waals surface area contributed by atoms with Gasteiger partial charge in [-0.15, -0.1) is 0 Å². The molecule has 1 aliphatic heterocycles. The first-order valence-electron chi connectivity index (χ1n) is 5.24. The van der Waals surface area contributed by atoms with E-state index in [9.17, 15) is 9.90 Å². The number of aliphatic hydroxyl groups is 1. The Balaban J connectivity index is 1.99. The number of amides is 1. The van der Waals surface area contributed by atoms with Gasteiger partial charge in [-0.2, -0.15) is 0 Å². The van der Waals surface area contributed by atoms with Gasteiger partial charge < -0.3 is 9.84 Å². The number of aliphatic hydroxyl groups excluding tert-OH is 1. The predicted molar refractivity (Wildman–Crippen MR) is 55.4 cm³/mol. The van der Waals surface area contributed by atoms with Gasteiger partial charge >= 0.3 is 6.09 Å². The van der Waals surface area contributed by atoms with Gasteiger partial charge in [-0.25, -0.2) is 4.79 Å². The number of nitrogens with zero attached hydrogens (tertiary/aromatic N) is 1. The predicted octanol–water partition coefficient (Wildman–Crippen LogP) is 1.30. The number of piperidine rings is 1. The number of hydrogen-bond acceptors (Lipinski definition) is 3. The summed E-state index contributed by atoms with van der Waals surface area (Å²) >= 11 is 0. The second kappa shape index (κ2) is 3.23. The van der Waals surface area contributed by atoms with Crippen molar-refractivity contribution in [1.82, 2.24) is 4.90 Å². The zero-order valence-corrected chi connectivity index (χ0v) is 9.36. The summed E-state index contributed by atoms with van der Waals surface area (Å²) < 4.78 is 5.27. The monoisotopic (exact) mass is 211 g/mol. The maximum Gasteiger partial charge on any atom is 0.411 e. The molecule has 0 radical (unpaired) electrons. The molecule has 4 heteroatoms. The fraction of sp³-hybridized carbons (Fsp3) is 0.727. The Morgan fingerprint density at radius 1 is 1.60 bits per heavy atom. The molecule has 0 saturated carbocycles. The van der Waals surface area contributed by atoms with Gasteiger partial charge in [0.05, 0.1) is 12.1 Å². The Bertz CT molecular complexity index is 316. The van der Waals surface area contributed by atoms with E-state index in [1.165, 1.54) is 0 Å². The summed E-state index contributed by atoms with van der Waals surface area (Å²) in [5.74, 6) is 0. The van der Waals surface area contributed by atoms with Crippen LogP contribution in [0.4, 0.5) is 4.79 Å². The molecule has 1 heterocycles. The fourth-order valence-electron chi connectivity index (χ4n) is 2.06. The summed E-state index contributed by atoms with van der Waals surface area (Å²) in [4.78, 5) is 13.3. The molecule has 1 amide bonds. The largest absolute Gasteiger partial charge is 0.444 e. The lowest BCUT2D eigenvalue weighted by molar-refractivity contribution is 0.00476.